The molecule has 0 spiro atoms. The minimum atomic E-state index is -1.09. The summed E-state index contributed by atoms with van der Waals surface area (Å²) in [4.78, 5) is 21.1. The van der Waals surface area contributed by atoms with Crippen molar-refractivity contribution in [2.75, 3.05) is 7.11 Å². The first-order valence-corrected chi connectivity index (χ1v) is 3.87. The van der Waals surface area contributed by atoms with Gasteiger partial charge in [0.05, 0.1) is 12.0 Å². The zero-order chi connectivity index (χ0) is 9.14. The molecule has 1 aromatic heterocycles. The molecule has 4 nitrogen and oxygen atoms in total. The maximum absolute atomic E-state index is 10.5. The molecule has 0 saturated carbocycles. The van der Waals surface area contributed by atoms with E-state index in [-0.39, 0.29) is 10.6 Å². The van der Waals surface area contributed by atoms with Crippen molar-refractivity contribution in [2.24, 2.45) is 0 Å². The van der Waals surface area contributed by atoms with E-state index in [9.17, 15) is 9.59 Å². The number of thiophene rings is 1. The third-order valence-electron chi connectivity index (χ3n) is 1.25. The maximum atomic E-state index is 10.5. The first-order valence-electron chi connectivity index (χ1n) is 3.05. The molecular formula is C7H6O4S. The Morgan fingerprint density at radius 3 is 2.75 bits per heavy atom. The summed E-state index contributed by atoms with van der Waals surface area (Å²) in [5, 5.41) is 8.87. The van der Waals surface area contributed by atoms with E-state index in [0.717, 1.165) is 11.3 Å². The van der Waals surface area contributed by atoms with Crippen molar-refractivity contribution in [1.29, 1.82) is 0 Å². The molecule has 0 saturated heterocycles. The molecule has 1 heterocycles. The van der Waals surface area contributed by atoms with Crippen LogP contribution in [-0.2, 0) is 0 Å². The molecule has 1 rings (SSSR count). The molecule has 64 valence electrons. The number of rotatable bonds is 3. The fourth-order valence-electron chi connectivity index (χ4n) is 0.751. The van der Waals surface area contributed by atoms with Crippen molar-refractivity contribution >= 4 is 23.6 Å². The van der Waals surface area contributed by atoms with Crippen LogP contribution in [0.4, 0.5) is 0 Å². The number of hydrogen-bond acceptors (Lipinski definition) is 4. The lowest BCUT2D eigenvalue weighted by molar-refractivity contribution is 0.0694. The second-order valence-electron chi connectivity index (χ2n) is 1.98. The lowest BCUT2D eigenvalue weighted by atomic mass is 10.3. The highest BCUT2D eigenvalue weighted by atomic mass is 32.1. The molecule has 0 bridgehead atoms. The van der Waals surface area contributed by atoms with Gasteiger partial charge in [0.25, 0.3) is 0 Å². The van der Waals surface area contributed by atoms with Gasteiger partial charge in [0.2, 0.25) is 0 Å². The highest BCUT2D eigenvalue weighted by Gasteiger charge is 2.14. The van der Waals surface area contributed by atoms with E-state index in [1.807, 2.05) is 0 Å². The SMILES string of the molecule is COc1sc(C=O)cc1C(=O)O. The third kappa shape index (κ3) is 1.45. The standard InChI is InChI=1S/C7H6O4S/c1-11-7-5(6(9)10)2-4(3-8)12-7/h2-3H,1H3,(H,9,10). The molecule has 0 atom stereocenters. The molecule has 0 fully saturated rings. The van der Waals surface area contributed by atoms with Crippen molar-refractivity contribution in [1.82, 2.24) is 0 Å². The largest absolute Gasteiger partial charge is 0.487 e. The van der Waals surface area contributed by atoms with E-state index < -0.39 is 5.97 Å². The van der Waals surface area contributed by atoms with Crippen LogP contribution in [0.3, 0.4) is 0 Å². The summed E-state index contributed by atoms with van der Waals surface area (Å²) < 4.78 is 4.77. The Morgan fingerprint density at radius 2 is 2.42 bits per heavy atom. The lowest BCUT2D eigenvalue weighted by Gasteiger charge is -1.94. The van der Waals surface area contributed by atoms with Crippen molar-refractivity contribution in [3.8, 4) is 5.06 Å². The molecular weight excluding hydrogens is 180 g/mol. The highest BCUT2D eigenvalue weighted by Crippen LogP contribution is 2.28. The number of carbonyl (C=O) groups excluding carboxylic acids is 1. The van der Waals surface area contributed by atoms with E-state index in [1.54, 1.807) is 0 Å². The summed E-state index contributed by atoms with van der Waals surface area (Å²) >= 11 is 1.02. The molecule has 0 aliphatic heterocycles. The average Bonchev–Trinajstić information content (AvgIpc) is 2.47. The van der Waals surface area contributed by atoms with Crippen molar-refractivity contribution < 1.29 is 19.4 Å². The van der Waals surface area contributed by atoms with Crippen LogP contribution < -0.4 is 4.74 Å². The number of carbonyl (C=O) groups is 2. The van der Waals surface area contributed by atoms with Gasteiger partial charge in [-0.2, -0.15) is 0 Å². The van der Waals surface area contributed by atoms with Crippen LogP contribution in [0.1, 0.15) is 20.0 Å². The Balaban J connectivity index is 3.16. The highest BCUT2D eigenvalue weighted by molar-refractivity contribution is 7.15. The Hall–Kier alpha value is -1.36. The van der Waals surface area contributed by atoms with Gasteiger partial charge in [-0.15, -0.1) is 0 Å². The van der Waals surface area contributed by atoms with E-state index >= 15 is 0 Å². The minimum Gasteiger partial charge on any atom is -0.487 e. The van der Waals surface area contributed by atoms with E-state index in [4.69, 9.17) is 9.84 Å². The van der Waals surface area contributed by atoms with Gasteiger partial charge in [-0.25, -0.2) is 4.79 Å². The van der Waals surface area contributed by atoms with Crippen molar-refractivity contribution in [3.63, 3.8) is 0 Å². The molecule has 0 radical (unpaired) electrons. The molecule has 0 aliphatic rings. The smallest absolute Gasteiger partial charge is 0.340 e. The zero-order valence-electron chi connectivity index (χ0n) is 6.23. The number of ether oxygens (including phenoxy) is 1. The monoisotopic (exact) mass is 186 g/mol. The summed E-state index contributed by atoms with van der Waals surface area (Å²) in [5.74, 6) is -1.09. The molecule has 5 heteroatoms. The average molecular weight is 186 g/mol. The maximum Gasteiger partial charge on any atom is 0.340 e. The zero-order valence-corrected chi connectivity index (χ0v) is 7.05. The molecule has 12 heavy (non-hydrogen) atoms. The Kier molecular flexibility index (Phi) is 2.44. The molecule has 0 aromatic carbocycles. The predicted molar refractivity (Wildman–Crippen MR) is 43.2 cm³/mol. The number of hydrogen-bond donors (Lipinski definition) is 1. The van der Waals surface area contributed by atoms with Crippen LogP contribution in [0.5, 0.6) is 5.06 Å². The molecule has 0 aliphatic carbocycles. The third-order valence-corrected chi connectivity index (χ3v) is 2.27. The van der Waals surface area contributed by atoms with Gasteiger partial charge in [0.15, 0.2) is 11.3 Å². The summed E-state index contributed by atoms with van der Waals surface area (Å²) in [6.45, 7) is 0. The number of aromatic carboxylic acids is 1. The van der Waals surface area contributed by atoms with Crippen molar-refractivity contribution in [3.05, 3.63) is 16.5 Å². The Labute approximate surface area is 72.4 Å². The lowest BCUT2D eigenvalue weighted by Crippen LogP contribution is -1.95. The number of carboxylic acids is 1. The van der Waals surface area contributed by atoms with Crippen LogP contribution in [0, 0.1) is 0 Å². The molecule has 1 N–H and O–H groups in total. The van der Waals surface area contributed by atoms with E-state index in [2.05, 4.69) is 0 Å². The van der Waals surface area contributed by atoms with Gasteiger partial charge in [0.1, 0.15) is 5.56 Å². The topological polar surface area (TPSA) is 63.6 Å². The first-order chi connectivity index (χ1) is 5.69. The van der Waals surface area contributed by atoms with Gasteiger partial charge >= 0.3 is 5.97 Å². The van der Waals surface area contributed by atoms with Crippen molar-refractivity contribution in [2.45, 2.75) is 0 Å². The summed E-state index contributed by atoms with van der Waals surface area (Å²) in [6, 6.07) is 1.29. The second-order valence-corrected chi connectivity index (χ2v) is 3.02. The Bertz CT molecular complexity index is 315. The summed E-state index contributed by atoms with van der Waals surface area (Å²) in [5.41, 5.74) is 0.0320. The van der Waals surface area contributed by atoms with Crippen LogP contribution in [0.15, 0.2) is 6.07 Å². The molecule has 0 amide bonds. The molecule has 0 unspecified atom stereocenters. The van der Waals surface area contributed by atoms with Crippen LogP contribution in [-0.4, -0.2) is 24.5 Å². The second kappa shape index (κ2) is 3.36. The number of methoxy groups -OCH3 is 1. The van der Waals surface area contributed by atoms with Crippen LogP contribution in [0.25, 0.3) is 0 Å². The Morgan fingerprint density at radius 1 is 1.75 bits per heavy atom. The number of carboxylic acid groups (broad SMARTS) is 1. The predicted octanol–water partition coefficient (Wildman–Crippen LogP) is 1.27. The fourth-order valence-corrected chi connectivity index (χ4v) is 1.53. The van der Waals surface area contributed by atoms with Gasteiger partial charge in [-0.1, -0.05) is 11.3 Å². The van der Waals surface area contributed by atoms with Crippen LogP contribution in [0.2, 0.25) is 0 Å². The summed E-state index contributed by atoms with van der Waals surface area (Å²) in [7, 11) is 1.37. The molecule has 1 aromatic rings. The first kappa shape index (κ1) is 8.73. The van der Waals surface area contributed by atoms with E-state index in [0.29, 0.717) is 11.2 Å². The van der Waals surface area contributed by atoms with E-state index in [1.165, 1.54) is 13.2 Å². The normalized spacial score (nSPS) is 9.42. The summed E-state index contributed by atoms with van der Waals surface area (Å²) in [6.07, 6.45) is 0.597. The fraction of sp³-hybridized carbons (Fsp3) is 0.143. The van der Waals surface area contributed by atoms with Gasteiger partial charge < -0.3 is 9.84 Å². The van der Waals surface area contributed by atoms with Gasteiger partial charge in [0, 0.05) is 0 Å². The van der Waals surface area contributed by atoms with Gasteiger partial charge in [-0.05, 0) is 6.07 Å². The minimum absolute atomic E-state index is 0.0320. The van der Waals surface area contributed by atoms with Crippen LogP contribution >= 0.6 is 11.3 Å². The number of aldehydes is 1. The quantitative estimate of drug-likeness (QED) is 0.722. The van der Waals surface area contributed by atoms with Gasteiger partial charge in [-0.3, -0.25) is 4.79 Å².